The van der Waals surface area contributed by atoms with Crippen molar-refractivity contribution in [3.05, 3.63) is 53.6 Å². The van der Waals surface area contributed by atoms with E-state index in [1.165, 1.54) is 18.0 Å². The van der Waals surface area contributed by atoms with Crippen LogP contribution in [0.2, 0.25) is 0 Å². The summed E-state index contributed by atoms with van der Waals surface area (Å²) in [5.41, 5.74) is 4.90. The van der Waals surface area contributed by atoms with Crippen LogP contribution in [0.5, 0.6) is 5.75 Å². The number of fused-ring (bicyclic) bond motifs is 1. The number of hydrogen-bond donors (Lipinski definition) is 2. The molecule has 146 valence electrons. The number of ether oxygens (including phenoxy) is 1. The average Bonchev–Trinajstić information content (AvgIpc) is 2.84. The van der Waals surface area contributed by atoms with Gasteiger partial charge < -0.3 is 15.0 Å². The van der Waals surface area contributed by atoms with Gasteiger partial charge in [-0.25, -0.2) is 0 Å². The Kier molecular flexibility index (Phi) is 5.23. The predicted molar refractivity (Wildman–Crippen MR) is 104 cm³/mol. The molecule has 0 atom stereocenters. The molecule has 0 unspecified atom stereocenters. The number of hydrogen-bond acceptors (Lipinski definition) is 4. The first kappa shape index (κ1) is 19.6. The number of nitrogens with zero attached hydrogens (tertiary/aromatic N) is 2. The summed E-state index contributed by atoms with van der Waals surface area (Å²) in [6.45, 7) is 1.95. The summed E-state index contributed by atoms with van der Waals surface area (Å²) in [7, 11) is 1.50. The van der Waals surface area contributed by atoms with Crippen LogP contribution < -0.4 is 20.4 Å². The van der Waals surface area contributed by atoms with Crippen LogP contribution >= 0.6 is 12.2 Å². The van der Waals surface area contributed by atoms with E-state index < -0.39 is 18.0 Å². The minimum Gasteiger partial charge on any atom is -0.406 e. The second kappa shape index (κ2) is 7.47. The molecule has 2 aromatic carbocycles. The number of thiocarbonyl (C=S) groups is 1. The number of anilines is 2. The summed E-state index contributed by atoms with van der Waals surface area (Å²) >= 11 is 5.14. The molecule has 10 heteroatoms. The lowest BCUT2D eigenvalue weighted by molar-refractivity contribution is -0.274. The minimum atomic E-state index is -4.84. The molecule has 6 nitrogen and oxygen atoms in total. The molecule has 0 fully saturated rings. The summed E-state index contributed by atoms with van der Waals surface area (Å²) in [6.07, 6.45) is -4.84. The van der Waals surface area contributed by atoms with Gasteiger partial charge in [-0.05, 0) is 49.5 Å². The Labute approximate surface area is 164 Å². The Balaban J connectivity index is 1.80. The number of likely N-dealkylation sites (N-methyl/N-ethyl adjacent to an activating group) is 1. The average molecular weight is 408 g/mol. The molecule has 0 aliphatic carbocycles. The number of aryl methyl sites for hydroxylation is 1. The molecule has 1 aliphatic rings. The zero-order valence-corrected chi connectivity index (χ0v) is 15.6. The van der Waals surface area contributed by atoms with E-state index in [0.29, 0.717) is 5.69 Å². The van der Waals surface area contributed by atoms with E-state index in [4.69, 9.17) is 12.2 Å². The number of carbonyl (C=O) groups excluding carboxylic acids is 1. The van der Waals surface area contributed by atoms with Crippen LogP contribution in [0.4, 0.5) is 24.5 Å². The van der Waals surface area contributed by atoms with E-state index in [1.807, 2.05) is 31.2 Å². The lowest BCUT2D eigenvalue weighted by atomic mass is 10.1. The second-order valence-corrected chi connectivity index (χ2v) is 6.39. The van der Waals surface area contributed by atoms with Gasteiger partial charge in [0.25, 0.3) is 5.91 Å². The van der Waals surface area contributed by atoms with Gasteiger partial charge in [-0.1, -0.05) is 17.7 Å². The van der Waals surface area contributed by atoms with E-state index in [1.54, 1.807) is 0 Å². The molecule has 0 aromatic heterocycles. The number of halogens is 3. The third kappa shape index (κ3) is 4.39. The molecule has 28 heavy (non-hydrogen) atoms. The lowest BCUT2D eigenvalue weighted by Gasteiger charge is -2.11. The van der Waals surface area contributed by atoms with Crippen LogP contribution in [0.15, 0.2) is 47.6 Å². The highest BCUT2D eigenvalue weighted by molar-refractivity contribution is 7.80. The van der Waals surface area contributed by atoms with Gasteiger partial charge in [0.05, 0.1) is 5.69 Å². The van der Waals surface area contributed by atoms with Crippen LogP contribution in [-0.4, -0.2) is 30.1 Å². The maximum Gasteiger partial charge on any atom is 0.573 e. The smallest absolute Gasteiger partial charge is 0.406 e. The lowest BCUT2D eigenvalue weighted by Crippen LogP contribution is -2.30. The zero-order valence-electron chi connectivity index (χ0n) is 14.8. The fourth-order valence-electron chi connectivity index (χ4n) is 2.59. The molecule has 0 radical (unpaired) electrons. The topological polar surface area (TPSA) is 66.0 Å². The molecule has 0 saturated heterocycles. The molecular formula is C18H15F3N4O2S. The van der Waals surface area contributed by atoms with Gasteiger partial charge in [0.1, 0.15) is 5.75 Å². The fraction of sp³-hybridized carbons (Fsp3) is 0.167. The van der Waals surface area contributed by atoms with Crippen molar-refractivity contribution in [2.45, 2.75) is 13.3 Å². The van der Waals surface area contributed by atoms with Crippen LogP contribution in [0.25, 0.3) is 0 Å². The highest BCUT2D eigenvalue weighted by atomic mass is 32.1. The number of carbonyl (C=O) groups is 1. The van der Waals surface area contributed by atoms with Gasteiger partial charge in [0, 0.05) is 18.3 Å². The van der Waals surface area contributed by atoms with Crippen molar-refractivity contribution in [2.24, 2.45) is 5.10 Å². The third-order valence-corrected chi connectivity index (χ3v) is 4.10. The van der Waals surface area contributed by atoms with E-state index in [0.717, 1.165) is 23.4 Å². The normalized spacial score (nSPS) is 14.8. The maximum absolute atomic E-state index is 12.5. The van der Waals surface area contributed by atoms with E-state index in [-0.39, 0.29) is 16.4 Å². The summed E-state index contributed by atoms with van der Waals surface area (Å²) in [5, 5.41) is 7.01. The van der Waals surface area contributed by atoms with E-state index in [2.05, 4.69) is 20.6 Å². The SMILES string of the molecule is Cc1ccc(NC(=S)N/N=C2\C(=O)N(C)c3ccc(OC(F)(F)F)cc32)cc1. The summed E-state index contributed by atoms with van der Waals surface area (Å²) in [4.78, 5) is 13.7. The van der Waals surface area contributed by atoms with Crippen molar-refractivity contribution in [1.82, 2.24) is 5.43 Å². The molecule has 1 aliphatic heterocycles. The minimum absolute atomic E-state index is 0.0711. The highest BCUT2D eigenvalue weighted by Gasteiger charge is 2.35. The summed E-state index contributed by atoms with van der Waals surface area (Å²) in [5.74, 6) is -0.924. The van der Waals surface area contributed by atoms with Gasteiger partial charge in [0.15, 0.2) is 10.8 Å². The summed E-state index contributed by atoms with van der Waals surface area (Å²) in [6, 6.07) is 11.0. The van der Waals surface area contributed by atoms with Crippen LogP contribution in [-0.2, 0) is 4.79 Å². The molecule has 0 bridgehead atoms. The Bertz CT molecular complexity index is 958. The quantitative estimate of drug-likeness (QED) is 0.601. The van der Waals surface area contributed by atoms with Crippen molar-refractivity contribution in [3.8, 4) is 5.75 Å². The standard InChI is InChI=1S/C18H15F3N4O2S/c1-10-3-5-11(6-4-10)22-17(28)24-23-15-13-9-12(27-18(19,20)21)7-8-14(13)25(2)16(15)26/h3-9H,1-2H3,(H2,22,24,28)/b23-15-. The summed E-state index contributed by atoms with van der Waals surface area (Å²) < 4.78 is 41.3. The van der Waals surface area contributed by atoms with Crippen molar-refractivity contribution >= 4 is 40.3 Å². The Hall–Kier alpha value is -3.14. The molecule has 1 heterocycles. The molecule has 0 saturated carbocycles. The van der Waals surface area contributed by atoms with Crippen LogP contribution in [0.3, 0.4) is 0 Å². The monoisotopic (exact) mass is 408 g/mol. The Morgan fingerprint density at radius 3 is 2.50 bits per heavy atom. The highest BCUT2D eigenvalue weighted by Crippen LogP contribution is 2.33. The number of rotatable bonds is 3. The molecular weight excluding hydrogens is 393 g/mol. The van der Waals surface area contributed by atoms with Gasteiger partial charge in [-0.2, -0.15) is 5.10 Å². The largest absolute Gasteiger partial charge is 0.573 e. The van der Waals surface area contributed by atoms with Gasteiger partial charge in [-0.3, -0.25) is 10.2 Å². The second-order valence-electron chi connectivity index (χ2n) is 5.98. The van der Waals surface area contributed by atoms with Gasteiger partial charge in [0.2, 0.25) is 0 Å². The van der Waals surface area contributed by atoms with Gasteiger partial charge in [-0.15, -0.1) is 13.2 Å². The molecule has 3 rings (SSSR count). The van der Waals surface area contributed by atoms with E-state index in [9.17, 15) is 18.0 Å². The van der Waals surface area contributed by atoms with Crippen molar-refractivity contribution in [3.63, 3.8) is 0 Å². The van der Waals surface area contributed by atoms with Gasteiger partial charge >= 0.3 is 6.36 Å². The number of alkyl halides is 3. The van der Waals surface area contributed by atoms with E-state index >= 15 is 0 Å². The van der Waals surface area contributed by atoms with Crippen molar-refractivity contribution in [1.29, 1.82) is 0 Å². The Morgan fingerprint density at radius 1 is 1.18 bits per heavy atom. The number of hydrazone groups is 1. The maximum atomic E-state index is 12.5. The van der Waals surface area contributed by atoms with Crippen LogP contribution in [0.1, 0.15) is 11.1 Å². The van der Waals surface area contributed by atoms with Crippen molar-refractivity contribution < 1.29 is 22.7 Å². The predicted octanol–water partition coefficient (Wildman–Crippen LogP) is 3.56. The fourth-order valence-corrected chi connectivity index (χ4v) is 2.75. The number of benzene rings is 2. The molecule has 1 amide bonds. The van der Waals surface area contributed by atoms with Crippen molar-refractivity contribution in [2.75, 3.05) is 17.3 Å². The number of amides is 1. The molecule has 2 aromatic rings. The third-order valence-electron chi connectivity index (χ3n) is 3.90. The first-order chi connectivity index (χ1) is 13.1. The first-order valence-electron chi connectivity index (χ1n) is 8.03. The Morgan fingerprint density at radius 2 is 1.86 bits per heavy atom. The first-order valence-corrected chi connectivity index (χ1v) is 8.44. The molecule has 2 N–H and O–H groups in total. The molecule has 0 spiro atoms. The number of nitrogens with one attached hydrogen (secondary N) is 2. The zero-order chi connectivity index (χ0) is 20.5. The van der Waals surface area contributed by atoms with Crippen LogP contribution in [0, 0.1) is 6.92 Å².